The van der Waals surface area contributed by atoms with Crippen molar-refractivity contribution in [3.63, 3.8) is 0 Å². The van der Waals surface area contributed by atoms with Gasteiger partial charge in [-0.1, -0.05) is 24.3 Å². The summed E-state index contributed by atoms with van der Waals surface area (Å²) in [6.07, 6.45) is 0.669. The largest absolute Gasteiger partial charge is 0.490 e. The number of nitrogens with two attached hydrogens (primary N) is 1. The normalized spacial score (nSPS) is 10.4. The van der Waals surface area contributed by atoms with Crippen LogP contribution in [0.5, 0.6) is 11.5 Å². The number of hydrogen-bond acceptors (Lipinski definition) is 4. The molecule has 0 aliphatic heterocycles. The van der Waals surface area contributed by atoms with Gasteiger partial charge in [-0.2, -0.15) is 0 Å². The lowest BCUT2D eigenvalue weighted by atomic mass is 10.1. The first kappa shape index (κ1) is 15.4. The van der Waals surface area contributed by atoms with Crippen molar-refractivity contribution in [2.24, 2.45) is 5.73 Å². The van der Waals surface area contributed by atoms with Crippen molar-refractivity contribution in [3.8, 4) is 11.5 Å². The second kappa shape index (κ2) is 8.29. The van der Waals surface area contributed by atoms with Crippen LogP contribution in [0.2, 0.25) is 0 Å². The molecule has 0 aromatic heterocycles. The van der Waals surface area contributed by atoms with Gasteiger partial charge in [-0.3, -0.25) is 0 Å². The number of aliphatic hydroxyl groups excluding tert-OH is 1. The van der Waals surface area contributed by atoms with Crippen molar-refractivity contribution >= 4 is 0 Å². The molecular weight excluding hydrogens is 266 g/mol. The van der Waals surface area contributed by atoms with E-state index in [-0.39, 0.29) is 6.61 Å². The fourth-order valence-corrected chi connectivity index (χ4v) is 1.92. The van der Waals surface area contributed by atoms with Gasteiger partial charge in [0.25, 0.3) is 0 Å². The first-order valence-electron chi connectivity index (χ1n) is 7.06. The van der Waals surface area contributed by atoms with Gasteiger partial charge in [0.05, 0.1) is 0 Å². The zero-order chi connectivity index (χ0) is 14.9. The highest BCUT2D eigenvalue weighted by Crippen LogP contribution is 2.14. The summed E-state index contributed by atoms with van der Waals surface area (Å²) in [5.74, 6) is 1.62. The van der Waals surface area contributed by atoms with Gasteiger partial charge in [0.2, 0.25) is 0 Å². The van der Waals surface area contributed by atoms with E-state index >= 15 is 0 Å². The molecule has 2 rings (SSSR count). The van der Waals surface area contributed by atoms with Crippen LogP contribution in [0, 0.1) is 0 Å². The SMILES string of the molecule is NCc1ccc(OCCOc2ccc(CCO)cc2)cc1. The molecule has 4 heteroatoms. The van der Waals surface area contributed by atoms with Crippen LogP contribution in [0.1, 0.15) is 11.1 Å². The highest BCUT2D eigenvalue weighted by atomic mass is 16.5. The van der Waals surface area contributed by atoms with Crippen molar-refractivity contribution < 1.29 is 14.6 Å². The quantitative estimate of drug-likeness (QED) is 0.730. The predicted molar refractivity (Wildman–Crippen MR) is 82.6 cm³/mol. The van der Waals surface area contributed by atoms with Crippen LogP contribution in [-0.2, 0) is 13.0 Å². The molecule has 112 valence electrons. The first-order valence-corrected chi connectivity index (χ1v) is 7.06. The fourth-order valence-electron chi connectivity index (χ4n) is 1.92. The summed E-state index contributed by atoms with van der Waals surface area (Å²) in [5.41, 5.74) is 7.72. The van der Waals surface area contributed by atoms with E-state index in [1.807, 2.05) is 48.5 Å². The Bertz CT molecular complexity index is 523. The van der Waals surface area contributed by atoms with Gasteiger partial charge < -0.3 is 20.3 Å². The number of rotatable bonds is 8. The molecule has 0 spiro atoms. The van der Waals surface area contributed by atoms with Gasteiger partial charge in [-0.15, -0.1) is 0 Å². The standard InChI is InChI=1S/C17H21NO3/c18-13-15-3-7-17(8-4-15)21-12-11-20-16-5-1-14(2-6-16)9-10-19/h1-8,19H,9-13,18H2. The number of aliphatic hydroxyl groups is 1. The zero-order valence-electron chi connectivity index (χ0n) is 12.0. The van der Waals surface area contributed by atoms with E-state index in [9.17, 15) is 0 Å². The Morgan fingerprint density at radius 2 is 1.24 bits per heavy atom. The Morgan fingerprint density at radius 3 is 1.67 bits per heavy atom. The van der Waals surface area contributed by atoms with Crippen molar-refractivity contribution in [1.29, 1.82) is 0 Å². The van der Waals surface area contributed by atoms with Crippen LogP contribution < -0.4 is 15.2 Å². The summed E-state index contributed by atoms with van der Waals surface area (Å²) in [6, 6.07) is 15.4. The minimum atomic E-state index is 0.164. The van der Waals surface area contributed by atoms with Gasteiger partial charge in [0.1, 0.15) is 24.7 Å². The lowest BCUT2D eigenvalue weighted by molar-refractivity contribution is 0.217. The Labute approximate surface area is 125 Å². The van der Waals surface area contributed by atoms with E-state index in [1.165, 1.54) is 0 Å². The maximum atomic E-state index is 8.85. The van der Waals surface area contributed by atoms with E-state index < -0.39 is 0 Å². The Morgan fingerprint density at radius 1 is 0.762 bits per heavy atom. The van der Waals surface area contributed by atoms with Crippen LogP contribution in [0.15, 0.2) is 48.5 Å². The van der Waals surface area contributed by atoms with E-state index in [1.54, 1.807) is 0 Å². The Kier molecular flexibility index (Phi) is 6.06. The van der Waals surface area contributed by atoms with E-state index in [2.05, 4.69) is 0 Å². The van der Waals surface area contributed by atoms with Crippen LogP contribution >= 0.6 is 0 Å². The summed E-state index contributed by atoms with van der Waals surface area (Å²) in [6.45, 7) is 1.67. The van der Waals surface area contributed by atoms with Crippen molar-refractivity contribution in [2.75, 3.05) is 19.8 Å². The molecule has 0 heterocycles. The molecule has 21 heavy (non-hydrogen) atoms. The molecule has 0 amide bonds. The summed E-state index contributed by atoms with van der Waals surface area (Å²) < 4.78 is 11.2. The molecule has 0 fully saturated rings. The molecule has 0 aliphatic carbocycles. The number of hydrogen-bond donors (Lipinski definition) is 2. The van der Waals surface area contributed by atoms with Crippen LogP contribution in [0.4, 0.5) is 0 Å². The Hall–Kier alpha value is -2.04. The maximum absolute atomic E-state index is 8.85. The second-order valence-corrected chi connectivity index (χ2v) is 4.66. The molecular formula is C17H21NO3. The fraction of sp³-hybridized carbons (Fsp3) is 0.294. The maximum Gasteiger partial charge on any atom is 0.122 e. The smallest absolute Gasteiger partial charge is 0.122 e. The van der Waals surface area contributed by atoms with Gasteiger partial charge in [0, 0.05) is 13.2 Å². The first-order chi connectivity index (χ1) is 10.3. The zero-order valence-corrected chi connectivity index (χ0v) is 12.0. The average molecular weight is 287 g/mol. The molecule has 3 N–H and O–H groups in total. The molecule has 0 saturated heterocycles. The minimum Gasteiger partial charge on any atom is -0.490 e. The molecule has 0 radical (unpaired) electrons. The molecule has 4 nitrogen and oxygen atoms in total. The van der Waals surface area contributed by atoms with Crippen LogP contribution in [0.25, 0.3) is 0 Å². The van der Waals surface area contributed by atoms with E-state index in [0.717, 1.165) is 22.6 Å². The van der Waals surface area contributed by atoms with Crippen molar-refractivity contribution in [2.45, 2.75) is 13.0 Å². The topological polar surface area (TPSA) is 64.7 Å². The van der Waals surface area contributed by atoms with Crippen LogP contribution in [0.3, 0.4) is 0 Å². The van der Waals surface area contributed by atoms with Crippen molar-refractivity contribution in [3.05, 3.63) is 59.7 Å². The lowest BCUT2D eigenvalue weighted by Crippen LogP contribution is -2.09. The molecule has 0 unspecified atom stereocenters. The number of ether oxygens (including phenoxy) is 2. The summed E-state index contributed by atoms with van der Waals surface area (Å²) in [7, 11) is 0. The summed E-state index contributed by atoms with van der Waals surface area (Å²) in [5, 5.41) is 8.85. The van der Waals surface area contributed by atoms with Gasteiger partial charge in [-0.05, 0) is 41.8 Å². The monoisotopic (exact) mass is 287 g/mol. The summed E-state index contributed by atoms with van der Waals surface area (Å²) in [4.78, 5) is 0. The summed E-state index contributed by atoms with van der Waals surface area (Å²) >= 11 is 0. The van der Waals surface area contributed by atoms with E-state index in [4.69, 9.17) is 20.3 Å². The Balaban J connectivity index is 1.71. The molecule has 2 aromatic rings. The lowest BCUT2D eigenvalue weighted by Gasteiger charge is -2.09. The van der Waals surface area contributed by atoms with Crippen LogP contribution in [-0.4, -0.2) is 24.9 Å². The third kappa shape index (κ3) is 5.10. The number of benzene rings is 2. The molecule has 0 bridgehead atoms. The van der Waals surface area contributed by atoms with Gasteiger partial charge >= 0.3 is 0 Å². The molecule has 0 saturated carbocycles. The molecule has 0 aliphatic rings. The highest BCUT2D eigenvalue weighted by molar-refractivity contribution is 5.28. The van der Waals surface area contributed by atoms with E-state index in [0.29, 0.717) is 26.2 Å². The predicted octanol–water partition coefficient (Wildman–Crippen LogP) is 2.14. The van der Waals surface area contributed by atoms with Gasteiger partial charge in [0.15, 0.2) is 0 Å². The average Bonchev–Trinajstić information content (AvgIpc) is 2.54. The van der Waals surface area contributed by atoms with Crippen molar-refractivity contribution in [1.82, 2.24) is 0 Å². The molecule has 0 atom stereocenters. The minimum absolute atomic E-state index is 0.164. The third-order valence-corrected chi connectivity index (χ3v) is 3.10. The van der Waals surface area contributed by atoms with Gasteiger partial charge in [-0.25, -0.2) is 0 Å². The third-order valence-electron chi connectivity index (χ3n) is 3.10. The molecule has 2 aromatic carbocycles. The highest BCUT2D eigenvalue weighted by Gasteiger charge is 1.97. The second-order valence-electron chi connectivity index (χ2n) is 4.66.